The molecule has 4 heterocycles. The number of rotatable bonds is 4. The largest absolute Gasteiger partial charge is 0.461 e. The standard InChI is InChI=1S/C17H21N5O2/c1-11-16(12(2)21(3)19-11)13-6-4-8-22(13)10-15-18-17(20-24-15)14-7-5-9-23-14/h5,7,9,13H,4,6,8,10H2,1-3H3/t13-/m1/s1. The minimum absolute atomic E-state index is 0.359. The van der Waals surface area contributed by atoms with Gasteiger partial charge >= 0.3 is 0 Å². The number of hydrogen-bond donors (Lipinski definition) is 0. The Hall–Kier alpha value is -2.41. The molecule has 0 bridgehead atoms. The van der Waals surface area contributed by atoms with E-state index in [9.17, 15) is 0 Å². The fraction of sp³-hybridized carbons (Fsp3) is 0.471. The van der Waals surface area contributed by atoms with Crippen molar-refractivity contribution in [1.29, 1.82) is 0 Å². The Morgan fingerprint density at radius 1 is 1.33 bits per heavy atom. The van der Waals surface area contributed by atoms with E-state index in [1.807, 2.05) is 23.9 Å². The van der Waals surface area contributed by atoms with Crippen LogP contribution in [0.15, 0.2) is 27.3 Å². The van der Waals surface area contributed by atoms with Crippen molar-refractivity contribution in [3.05, 3.63) is 41.2 Å². The lowest BCUT2D eigenvalue weighted by Gasteiger charge is -2.23. The van der Waals surface area contributed by atoms with E-state index in [0.29, 0.717) is 30.1 Å². The molecule has 1 fully saturated rings. The van der Waals surface area contributed by atoms with Crippen molar-refractivity contribution in [2.45, 2.75) is 39.3 Å². The summed E-state index contributed by atoms with van der Waals surface area (Å²) in [6, 6.07) is 4.00. The Balaban J connectivity index is 1.56. The van der Waals surface area contributed by atoms with Gasteiger partial charge in [0.05, 0.1) is 18.5 Å². The number of likely N-dealkylation sites (tertiary alicyclic amines) is 1. The molecule has 0 aliphatic carbocycles. The summed E-state index contributed by atoms with van der Waals surface area (Å²) in [6.07, 6.45) is 3.90. The van der Waals surface area contributed by atoms with Crippen LogP contribution in [-0.2, 0) is 13.6 Å². The molecule has 7 heteroatoms. The summed E-state index contributed by atoms with van der Waals surface area (Å²) < 4.78 is 12.7. The predicted molar refractivity (Wildman–Crippen MR) is 87.1 cm³/mol. The van der Waals surface area contributed by atoms with Crippen molar-refractivity contribution in [2.24, 2.45) is 7.05 Å². The maximum Gasteiger partial charge on any atom is 0.241 e. The Morgan fingerprint density at radius 2 is 2.21 bits per heavy atom. The smallest absolute Gasteiger partial charge is 0.241 e. The van der Waals surface area contributed by atoms with E-state index < -0.39 is 0 Å². The fourth-order valence-electron chi connectivity index (χ4n) is 3.61. The zero-order chi connectivity index (χ0) is 16.7. The first-order valence-corrected chi connectivity index (χ1v) is 8.24. The van der Waals surface area contributed by atoms with Crippen LogP contribution >= 0.6 is 0 Å². The van der Waals surface area contributed by atoms with Crippen LogP contribution in [0.3, 0.4) is 0 Å². The third-order valence-corrected chi connectivity index (χ3v) is 4.81. The van der Waals surface area contributed by atoms with E-state index >= 15 is 0 Å². The van der Waals surface area contributed by atoms with E-state index in [-0.39, 0.29) is 0 Å². The van der Waals surface area contributed by atoms with Gasteiger partial charge in [0.25, 0.3) is 0 Å². The summed E-state index contributed by atoms with van der Waals surface area (Å²) in [5, 5.41) is 8.58. The lowest BCUT2D eigenvalue weighted by molar-refractivity contribution is 0.211. The number of furan rings is 1. The minimum Gasteiger partial charge on any atom is -0.461 e. The van der Waals surface area contributed by atoms with Crippen LogP contribution in [0, 0.1) is 13.8 Å². The third-order valence-electron chi connectivity index (χ3n) is 4.81. The molecule has 3 aromatic heterocycles. The van der Waals surface area contributed by atoms with Crippen molar-refractivity contribution in [3.63, 3.8) is 0 Å². The molecule has 0 amide bonds. The Bertz CT molecular complexity index is 833. The summed E-state index contributed by atoms with van der Waals surface area (Å²) in [7, 11) is 2.00. The molecule has 4 rings (SSSR count). The maximum absolute atomic E-state index is 5.42. The zero-order valence-corrected chi connectivity index (χ0v) is 14.2. The number of aryl methyl sites for hydroxylation is 2. The first kappa shape index (κ1) is 15.1. The van der Waals surface area contributed by atoms with Crippen molar-refractivity contribution in [1.82, 2.24) is 24.8 Å². The zero-order valence-electron chi connectivity index (χ0n) is 14.2. The van der Waals surface area contributed by atoms with Gasteiger partial charge < -0.3 is 8.94 Å². The van der Waals surface area contributed by atoms with E-state index in [4.69, 9.17) is 8.94 Å². The quantitative estimate of drug-likeness (QED) is 0.733. The summed E-state index contributed by atoms with van der Waals surface area (Å²) in [5.41, 5.74) is 3.67. The van der Waals surface area contributed by atoms with Gasteiger partial charge in [0.2, 0.25) is 11.7 Å². The van der Waals surface area contributed by atoms with Gasteiger partial charge in [-0.05, 0) is 45.4 Å². The number of hydrogen-bond acceptors (Lipinski definition) is 6. The highest BCUT2D eigenvalue weighted by Crippen LogP contribution is 2.36. The minimum atomic E-state index is 0.359. The van der Waals surface area contributed by atoms with Gasteiger partial charge in [-0.15, -0.1) is 0 Å². The highest BCUT2D eigenvalue weighted by molar-refractivity contribution is 5.44. The van der Waals surface area contributed by atoms with E-state index in [2.05, 4.69) is 34.0 Å². The first-order chi connectivity index (χ1) is 11.6. The molecule has 1 aliphatic rings. The summed E-state index contributed by atoms with van der Waals surface area (Å²) in [4.78, 5) is 6.86. The van der Waals surface area contributed by atoms with Gasteiger partial charge in [0.1, 0.15) is 0 Å². The second kappa shape index (κ2) is 5.90. The van der Waals surface area contributed by atoms with Gasteiger partial charge in [0, 0.05) is 24.3 Å². The molecule has 126 valence electrons. The second-order valence-corrected chi connectivity index (χ2v) is 6.33. The van der Waals surface area contributed by atoms with Gasteiger partial charge in [-0.25, -0.2) is 0 Å². The lowest BCUT2D eigenvalue weighted by Crippen LogP contribution is -2.23. The second-order valence-electron chi connectivity index (χ2n) is 6.33. The van der Waals surface area contributed by atoms with Crippen LogP contribution in [0.1, 0.15) is 41.7 Å². The molecule has 0 saturated carbocycles. The molecule has 24 heavy (non-hydrogen) atoms. The van der Waals surface area contributed by atoms with Crippen molar-refractivity contribution >= 4 is 0 Å². The van der Waals surface area contributed by atoms with E-state index in [1.165, 1.54) is 11.3 Å². The summed E-state index contributed by atoms with van der Waals surface area (Å²) in [6.45, 7) is 5.89. The SMILES string of the molecule is Cc1nn(C)c(C)c1[C@H]1CCCN1Cc1nc(-c2ccco2)no1. The van der Waals surface area contributed by atoms with Crippen LogP contribution in [0.4, 0.5) is 0 Å². The Labute approximate surface area is 140 Å². The molecule has 1 atom stereocenters. The maximum atomic E-state index is 5.42. The van der Waals surface area contributed by atoms with Crippen LogP contribution in [-0.4, -0.2) is 31.4 Å². The van der Waals surface area contributed by atoms with Crippen LogP contribution in [0.5, 0.6) is 0 Å². The fourth-order valence-corrected chi connectivity index (χ4v) is 3.61. The van der Waals surface area contributed by atoms with Crippen molar-refractivity contribution in [2.75, 3.05) is 6.54 Å². The van der Waals surface area contributed by atoms with E-state index in [1.54, 1.807) is 6.26 Å². The van der Waals surface area contributed by atoms with Gasteiger partial charge in [-0.3, -0.25) is 9.58 Å². The molecular formula is C17H21N5O2. The highest BCUT2D eigenvalue weighted by atomic mass is 16.5. The van der Waals surface area contributed by atoms with E-state index in [0.717, 1.165) is 25.1 Å². The molecule has 0 N–H and O–H groups in total. The molecule has 1 aliphatic heterocycles. The normalized spacial score (nSPS) is 18.5. The molecule has 7 nitrogen and oxygen atoms in total. The molecule has 0 unspecified atom stereocenters. The average Bonchev–Trinajstić information content (AvgIpc) is 3.30. The topological polar surface area (TPSA) is 73.1 Å². The van der Waals surface area contributed by atoms with Crippen molar-refractivity contribution in [3.8, 4) is 11.6 Å². The highest BCUT2D eigenvalue weighted by Gasteiger charge is 2.31. The van der Waals surface area contributed by atoms with Crippen LogP contribution < -0.4 is 0 Å². The molecule has 1 saturated heterocycles. The van der Waals surface area contributed by atoms with Gasteiger partial charge in [-0.2, -0.15) is 10.1 Å². The monoisotopic (exact) mass is 327 g/mol. The van der Waals surface area contributed by atoms with Gasteiger partial charge in [0.15, 0.2) is 5.76 Å². The number of aromatic nitrogens is 4. The van der Waals surface area contributed by atoms with Crippen LogP contribution in [0.25, 0.3) is 11.6 Å². The Morgan fingerprint density at radius 3 is 2.92 bits per heavy atom. The van der Waals surface area contributed by atoms with Crippen molar-refractivity contribution < 1.29 is 8.94 Å². The molecule has 0 spiro atoms. The molecule has 3 aromatic rings. The first-order valence-electron chi connectivity index (χ1n) is 8.24. The average molecular weight is 327 g/mol. The van der Waals surface area contributed by atoms with Crippen LogP contribution in [0.2, 0.25) is 0 Å². The summed E-state index contributed by atoms with van der Waals surface area (Å²) in [5.74, 6) is 1.74. The number of nitrogens with zero attached hydrogens (tertiary/aromatic N) is 5. The summed E-state index contributed by atoms with van der Waals surface area (Å²) >= 11 is 0. The van der Waals surface area contributed by atoms with Gasteiger partial charge in [-0.1, -0.05) is 5.16 Å². The lowest BCUT2D eigenvalue weighted by atomic mass is 10.0. The Kier molecular flexibility index (Phi) is 3.72. The molecular weight excluding hydrogens is 306 g/mol. The molecule has 0 aromatic carbocycles. The predicted octanol–water partition coefficient (Wildman–Crippen LogP) is 3.02. The third kappa shape index (κ3) is 2.54. The molecule has 0 radical (unpaired) electrons.